The highest BCUT2D eigenvalue weighted by molar-refractivity contribution is 5.95. The van der Waals surface area contributed by atoms with E-state index in [1.165, 1.54) is 12.1 Å². The standard InChI is InChI=1S/C20H27FN4O3/c1-4-9-28-13-16(10-14-5-8-19(22-12-14)25(2)3)23-20(26)17-7-6-15(24-27)11-18(17)21/h5-8,11-12,16,24,27H,4,9-10,13H2,1-3H3,(H,23,26). The first-order valence-corrected chi connectivity index (χ1v) is 9.15. The molecule has 1 aromatic heterocycles. The summed E-state index contributed by atoms with van der Waals surface area (Å²) >= 11 is 0. The van der Waals surface area contributed by atoms with Crippen LogP contribution in [0.3, 0.4) is 0 Å². The van der Waals surface area contributed by atoms with Crippen LogP contribution in [0.4, 0.5) is 15.9 Å². The molecule has 0 saturated carbocycles. The van der Waals surface area contributed by atoms with Gasteiger partial charge in [0, 0.05) is 33.0 Å². The summed E-state index contributed by atoms with van der Waals surface area (Å²) in [5.74, 6) is -0.419. The second-order valence-electron chi connectivity index (χ2n) is 6.67. The summed E-state index contributed by atoms with van der Waals surface area (Å²) in [5.41, 5.74) is 2.87. The third-order valence-corrected chi connectivity index (χ3v) is 4.09. The Balaban J connectivity index is 2.10. The third-order valence-electron chi connectivity index (χ3n) is 4.09. The van der Waals surface area contributed by atoms with Crippen LogP contribution in [-0.2, 0) is 11.2 Å². The lowest BCUT2D eigenvalue weighted by Crippen LogP contribution is -2.40. The van der Waals surface area contributed by atoms with Crippen molar-refractivity contribution in [2.75, 3.05) is 37.7 Å². The topological polar surface area (TPSA) is 86.7 Å². The molecule has 2 rings (SSSR count). The van der Waals surface area contributed by atoms with Gasteiger partial charge in [0.05, 0.1) is 23.9 Å². The van der Waals surface area contributed by atoms with Gasteiger partial charge in [-0.1, -0.05) is 13.0 Å². The van der Waals surface area contributed by atoms with Crippen molar-refractivity contribution in [2.24, 2.45) is 0 Å². The Labute approximate surface area is 164 Å². The van der Waals surface area contributed by atoms with Crippen molar-refractivity contribution in [2.45, 2.75) is 25.8 Å². The number of benzene rings is 1. The van der Waals surface area contributed by atoms with E-state index >= 15 is 0 Å². The van der Waals surface area contributed by atoms with Crippen molar-refractivity contribution < 1.29 is 19.1 Å². The Morgan fingerprint density at radius 2 is 2.11 bits per heavy atom. The van der Waals surface area contributed by atoms with Gasteiger partial charge < -0.3 is 15.0 Å². The van der Waals surface area contributed by atoms with Crippen LogP contribution in [0.25, 0.3) is 0 Å². The van der Waals surface area contributed by atoms with E-state index in [0.29, 0.717) is 19.6 Å². The molecule has 1 heterocycles. The number of carbonyl (C=O) groups is 1. The van der Waals surface area contributed by atoms with E-state index < -0.39 is 11.7 Å². The van der Waals surface area contributed by atoms with Crippen molar-refractivity contribution in [1.82, 2.24) is 10.3 Å². The molecule has 1 amide bonds. The van der Waals surface area contributed by atoms with E-state index in [1.54, 1.807) is 6.20 Å². The number of halogens is 1. The van der Waals surface area contributed by atoms with Gasteiger partial charge in [-0.25, -0.2) is 9.37 Å². The number of ether oxygens (including phenoxy) is 1. The molecule has 0 spiro atoms. The summed E-state index contributed by atoms with van der Waals surface area (Å²) in [6, 6.07) is 7.32. The molecule has 3 N–H and O–H groups in total. The van der Waals surface area contributed by atoms with Crippen LogP contribution in [-0.4, -0.2) is 49.4 Å². The van der Waals surface area contributed by atoms with Gasteiger partial charge in [0.2, 0.25) is 0 Å². The maximum Gasteiger partial charge on any atom is 0.254 e. The molecule has 0 fully saturated rings. The monoisotopic (exact) mass is 390 g/mol. The van der Waals surface area contributed by atoms with Crippen LogP contribution < -0.4 is 15.7 Å². The van der Waals surface area contributed by atoms with Crippen molar-refractivity contribution >= 4 is 17.4 Å². The van der Waals surface area contributed by atoms with E-state index in [0.717, 1.165) is 23.9 Å². The maximum absolute atomic E-state index is 14.1. The number of anilines is 2. The fourth-order valence-corrected chi connectivity index (χ4v) is 2.64. The summed E-state index contributed by atoms with van der Waals surface area (Å²) in [4.78, 5) is 18.8. The minimum atomic E-state index is -0.721. The van der Waals surface area contributed by atoms with E-state index in [9.17, 15) is 9.18 Å². The molecule has 28 heavy (non-hydrogen) atoms. The van der Waals surface area contributed by atoms with Crippen molar-refractivity contribution in [3.05, 3.63) is 53.5 Å². The van der Waals surface area contributed by atoms with Gasteiger partial charge in [-0.15, -0.1) is 0 Å². The van der Waals surface area contributed by atoms with Crippen LogP contribution in [0, 0.1) is 5.82 Å². The van der Waals surface area contributed by atoms with Gasteiger partial charge in [0.15, 0.2) is 0 Å². The number of nitrogens with zero attached hydrogens (tertiary/aromatic N) is 2. The van der Waals surface area contributed by atoms with Gasteiger partial charge in [-0.05, 0) is 36.6 Å². The molecular formula is C20H27FN4O3. The van der Waals surface area contributed by atoms with Crippen LogP contribution >= 0.6 is 0 Å². The molecule has 0 bridgehead atoms. The van der Waals surface area contributed by atoms with Gasteiger partial charge in [-0.3, -0.25) is 15.5 Å². The molecule has 2 aromatic rings. The van der Waals surface area contributed by atoms with Crippen LogP contribution in [0.5, 0.6) is 0 Å². The van der Waals surface area contributed by atoms with Crippen LogP contribution in [0.1, 0.15) is 29.3 Å². The fourth-order valence-electron chi connectivity index (χ4n) is 2.64. The minimum absolute atomic E-state index is 0.0967. The number of nitrogens with one attached hydrogen (secondary N) is 2. The first kappa shape index (κ1) is 21.6. The fraction of sp³-hybridized carbons (Fsp3) is 0.400. The molecule has 1 aromatic carbocycles. The Morgan fingerprint density at radius 1 is 1.32 bits per heavy atom. The van der Waals surface area contributed by atoms with Gasteiger partial charge >= 0.3 is 0 Å². The zero-order chi connectivity index (χ0) is 20.5. The van der Waals surface area contributed by atoms with Crippen molar-refractivity contribution in [3.63, 3.8) is 0 Å². The Bertz CT molecular complexity index is 769. The van der Waals surface area contributed by atoms with E-state index in [1.807, 2.05) is 43.5 Å². The second-order valence-corrected chi connectivity index (χ2v) is 6.67. The van der Waals surface area contributed by atoms with Crippen LogP contribution in [0.2, 0.25) is 0 Å². The molecule has 1 unspecified atom stereocenters. The Morgan fingerprint density at radius 3 is 2.68 bits per heavy atom. The summed E-state index contributed by atoms with van der Waals surface area (Å²) < 4.78 is 19.7. The predicted molar refractivity (Wildman–Crippen MR) is 106 cm³/mol. The normalized spacial score (nSPS) is 11.8. The smallest absolute Gasteiger partial charge is 0.254 e. The number of rotatable bonds is 10. The third kappa shape index (κ3) is 6.17. The molecule has 152 valence electrons. The SMILES string of the molecule is CCCOCC(Cc1ccc(N(C)C)nc1)NC(=O)c1ccc(NO)cc1F. The first-order chi connectivity index (χ1) is 13.4. The molecule has 7 nitrogen and oxygen atoms in total. The minimum Gasteiger partial charge on any atom is -0.379 e. The number of aromatic nitrogens is 1. The molecule has 1 atom stereocenters. The molecular weight excluding hydrogens is 363 g/mol. The highest BCUT2D eigenvalue weighted by Crippen LogP contribution is 2.15. The quantitative estimate of drug-likeness (QED) is 0.427. The lowest BCUT2D eigenvalue weighted by molar-refractivity contribution is 0.0834. The zero-order valence-corrected chi connectivity index (χ0v) is 16.4. The number of carbonyl (C=O) groups excluding carboxylic acids is 1. The van der Waals surface area contributed by atoms with E-state index in [-0.39, 0.29) is 17.3 Å². The number of hydrogen-bond acceptors (Lipinski definition) is 6. The van der Waals surface area contributed by atoms with E-state index in [2.05, 4.69) is 10.3 Å². The number of pyridine rings is 1. The molecule has 8 heteroatoms. The summed E-state index contributed by atoms with van der Waals surface area (Å²) in [5, 5.41) is 11.7. The Hall–Kier alpha value is -2.71. The number of hydrogen-bond donors (Lipinski definition) is 3. The largest absolute Gasteiger partial charge is 0.379 e. The zero-order valence-electron chi connectivity index (χ0n) is 16.4. The summed E-state index contributed by atoms with van der Waals surface area (Å²) in [7, 11) is 3.82. The average molecular weight is 390 g/mol. The molecule has 0 aliphatic rings. The van der Waals surface area contributed by atoms with E-state index in [4.69, 9.17) is 9.94 Å². The van der Waals surface area contributed by atoms with Gasteiger partial charge in [-0.2, -0.15) is 0 Å². The predicted octanol–water partition coefficient (Wildman–Crippen LogP) is 2.86. The van der Waals surface area contributed by atoms with Gasteiger partial charge in [0.1, 0.15) is 11.6 Å². The molecule has 0 aliphatic carbocycles. The number of amides is 1. The molecule has 0 saturated heterocycles. The Kier molecular flexibility index (Phi) is 8.16. The summed E-state index contributed by atoms with van der Waals surface area (Å²) in [6.07, 6.45) is 3.13. The summed E-state index contributed by atoms with van der Waals surface area (Å²) in [6.45, 7) is 2.89. The maximum atomic E-state index is 14.1. The highest BCUT2D eigenvalue weighted by Gasteiger charge is 2.18. The van der Waals surface area contributed by atoms with Crippen LogP contribution in [0.15, 0.2) is 36.5 Å². The lowest BCUT2D eigenvalue weighted by Gasteiger charge is -2.20. The van der Waals surface area contributed by atoms with Crippen molar-refractivity contribution in [1.29, 1.82) is 0 Å². The van der Waals surface area contributed by atoms with Gasteiger partial charge in [0.25, 0.3) is 5.91 Å². The lowest BCUT2D eigenvalue weighted by atomic mass is 10.1. The molecule has 0 aliphatic heterocycles. The average Bonchev–Trinajstić information content (AvgIpc) is 2.68. The molecule has 0 radical (unpaired) electrons. The highest BCUT2D eigenvalue weighted by atomic mass is 19.1. The first-order valence-electron chi connectivity index (χ1n) is 9.15. The van der Waals surface area contributed by atoms with Crippen molar-refractivity contribution in [3.8, 4) is 0 Å². The second kappa shape index (κ2) is 10.6.